The van der Waals surface area contributed by atoms with Crippen LogP contribution in [0, 0.1) is 0 Å². The molecule has 1 aromatic carbocycles. The van der Waals surface area contributed by atoms with Gasteiger partial charge in [0.15, 0.2) is 0 Å². The highest BCUT2D eigenvalue weighted by molar-refractivity contribution is 7.19. The van der Waals surface area contributed by atoms with Crippen molar-refractivity contribution < 1.29 is 0 Å². The summed E-state index contributed by atoms with van der Waals surface area (Å²) in [5.74, 6) is 1.34. The summed E-state index contributed by atoms with van der Waals surface area (Å²) in [6, 6.07) is 10.8. The van der Waals surface area contributed by atoms with Gasteiger partial charge in [-0.3, -0.25) is 0 Å². The van der Waals surface area contributed by atoms with Crippen LogP contribution in [0.15, 0.2) is 30.3 Å². The van der Waals surface area contributed by atoms with Gasteiger partial charge in [0.1, 0.15) is 0 Å². The van der Waals surface area contributed by atoms with E-state index in [4.69, 9.17) is 23.2 Å². The molecule has 0 bridgehead atoms. The van der Waals surface area contributed by atoms with Gasteiger partial charge in [0.25, 0.3) is 0 Å². The van der Waals surface area contributed by atoms with Crippen LogP contribution in [-0.4, -0.2) is 36.3 Å². The molecule has 0 fully saturated rings. The van der Waals surface area contributed by atoms with Crippen LogP contribution < -0.4 is 0 Å². The molecule has 1 nitrogen and oxygen atoms in total. The van der Waals surface area contributed by atoms with Gasteiger partial charge in [0.05, 0.1) is 0 Å². The van der Waals surface area contributed by atoms with Gasteiger partial charge < -0.3 is 4.90 Å². The van der Waals surface area contributed by atoms with Crippen LogP contribution in [0.4, 0.5) is 0 Å². The molecule has 2 rings (SSSR count). The number of halogens is 3. The summed E-state index contributed by atoms with van der Waals surface area (Å²) in [6.07, 6.45) is 1.08. The van der Waals surface area contributed by atoms with Crippen molar-refractivity contribution in [2.75, 3.05) is 31.4 Å². The van der Waals surface area contributed by atoms with Crippen molar-refractivity contribution in [1.29, 1.82) is 0 Å². The maximum atomic E-state index is 5.80. The molecule has 2 aromatic rings. The Bertz CT molecular complexity index is 447. The predicted molar refractivity (Wildman–Crippen MR) is 90.7 cm³/mol. The number of hydrogen-bond donors (Lipinski definition) is 0. The normalized spacial score (nSPS) is 10.9. The second-order valence-corrected chi connectivity index (χ2v) is 6.14. The molecule has 19 heavy (non-hydrogen) atoms. The SMILES string of the molecule is Cl.ClCCN(CCCl)CCc1cc2ccccc2s1. The van der Waals surface area contributed by atoms with Crippen molar-refractivity contribution in [2.45, 2.75) is 6.42 Å². The van der Waals surface area contributed by atoms with Crippen LogP contribution in [0.1, 0.15) is 4.88 Å². The van der Waals surface area contributed by atoms with Crippen LogP contribution >= 0.6 is 46.9 Å². The van der Waals surface area contributed by atoms with E-state index in [0.29, 0.717) is 11.8 Å². The second-order valence-electron chi connectivity index (χ2n) is 4.22. The van der Waals surface area contributed by atoms with Gasteiger partial charge in [-0.2, -0.15) is 0 Å². The van der Waals surface area contributed by atoms with Gasteiger partial charge in [-0.15, -0.1) is 46.9 Å². The summed E-state index contributed by atoms with van der Waals surface area (Å²) in [5, 5.41) is 1.35. The van der Waals surface area contributed by atoms with Crippen molar-refractivity contribution in [3.8, 4) is 0 Å². The first-order chi connectivity index (χ1) is 8.83. The molecule has 106 valence electrons. The van der Waals surface area contributed by atoms with E-state index in [1.54, 1.807) is 0 Å². The predicted octanol–water partition coefficient (Wildman–Crippen LogP) is 4.65. The number of rotatable bonds is 7. The number of thiophene rings is 1. The monoisotopic (exact) mass is 337 g/mol. The molecule has 0 unspecified atom stereocenters. The Morgan fingerprint density at radius 1 is 1.00 bits per heavy atom. The molecular weight excluding hydrogens is 321 g/mol. The van der Waals surface area contributed by atoms with Gasteiger partial charge in [0, 0.05) is 41.0 Å². The molecule has 0 atom stereocenters. The van der Waals surface area contributed by atoms with E-state index in [2.05, 4.69) is 35.2 Å². The van der Waals surface area contributed by atoms with E-state index >= 15 is 0 Å². The lowest BCUT2D eigenvalue weighted by atomic mass is 10.2. The van der Waals surface area contributed by atoms with E-state index < -0.39 is 0 Å². The van der Waals surface area contributed by atoms with Gasteiger partial charge in [0.2, 0.25) is 0 Å². The first-order valence-corrected chi connectivity index (χ1v) is 8.04. The number of hydrogen-bond acceptors (Lipinski definition) is 2. The molecule has 0 spiro atoms. The molecule has 0 saturated carbocycles. The van der Waals surface area contributed by atoms with E-state index in [1.165, 1.54) is 15.0 Å². The molecule has 0 radical (unpaired) electrons. The summed E-state index contributed by atoms with van der Waals surface area (Å²) >= 11 is 13.5. The molecule has 5 heteroatoms. The largest absolute Gasteiger partial charge is 0.301 e. The Labute approximate surface area is 134 Å². The Balaban J connectivity index is 0.00000180. The summed E-state index contributed by atoms with van der Waals surface area (Å²) in [5.41, 5.74) is 0. The molecule has 1 heterocycles. The quantitative estimate of drug-likeness (QED) is 0.664. The first kappa shape index (κ1) is 17.1. The van der Waals surface area contributed by atoms with Crippen LogP contribution in [-0.2, 0) is 6.42 Å². The standard InChI is InChI=1S/C14H17Cl2NS.ClH/c15-6-9-17(10-7-16)8-5-13-11-12-3-1-2-4-14(12)18-13;/h1-4,11H,5-10H2;1H. The average molecular weight is 339 g/mol. The van der Waals surface area contributed by atoms with E-state index in [0.717, 1.165) is 26.1 Å². The van der Waals surface area contributed by atoms with Gasteiger partial charge in [-0.25, -0.2) is 0 Å². The van der Waals surface area contributed by atoms with Crippen LogP contribution in [0.3, 0.4) is 0 Å². The minimum atomic E-state index is 0. The minimum absolute atomic E-state index is 0. The molecule has 0 N–H and O–H groups in total. The maximum absolute atomic E-state index is 5.80. The second kappa shape index (κ2) is 9.04. The Morgan fingerprint density at radius 2 is 1.68 bits per heavy atom. The van der Waals surface area contributed by atoms with Crippen LogP contribution in [0.2, 0.25) is 0 Å². The van der Waals surface area contributed by atoms with Gasteiger partial charge in [-0.1, -0.05) is 18.2 Å². The fourth-order valence-corrected chi connectivity index (χ4v) is 3.53. The zero-order valence-corrected chi connectivity index (χ0v) is 13.8. The highest BCUT2D eigenvalue weighted by Gasteiger charge is 2.06. The topological polar surface area (TPSA) is 3.24 Å². The highest BCUT2D eigenvalue weighted by atomic mass is 35.5. The first-order valence-electron chi connectivity index (χ1n) is 6.15. The fraction of sp³-hybridized carbons (Fsp3) is 0.429. The van der Waals surface area contributed by atoms with E-state index in [-0.39, 0.29) is 12.4 Å². The summed E-state index contributed by atoms with van der Waals surface area (Å²) in [6.45, 7) is 2.87. The summed E-state index contributed by atoms with van der Waals surface area (Å²) < 4.78 is 1.37. The van der Waals surface area contributed by atoms with Crippen molar-refractivity contribution in [3.05, 3.63) is 35.2 Å². The number of benzene rings is 1. The molecular formula is C14H18Cl3NS. The lowest BCUT2D eigenvalue weighted by Crippen LogP contribution is -2.29. The van der Waals surface area contributed by atoms with Crippen LogP contribution in [0.25, 0.3) is 10.1 Å². The lowest BCUT2D eigenvalue weighted by molar-refractivity contribution is 0.312. The molecule has 0 aliphatic heterocycles. The molecule has 0 aliphatic carbocycles. The fourth-order valence-electron chi connectivity index (χ4n) is 2.00. The van der Waals surface area contributed by atoms with Crippen LogP contribution in [0.5, 0.6) is 0 Å². The summed E-state index contributed by atoms with van der Waals surface area (Å²) in [4.78, 5) is 3.76. The number of nitrogens with zero attached hydrogens (tertiary/aromatic N) is 1. The molecule has 0 amide bonds. The smallest absolute Gasteiger partial charge is 0.0351 e. The van der Waals surface area contributed by atoms with Gasteiger partial charge >= 0.3 is 0 Å². The third-order valence-corrected chi connectivity index (χ3v) is 4.47. The third-order valence-electron chi connectivity index (χ3n) is 2.95. The third kappa shape index (κ3) is 5.13. The van der Waals surface area contributed by atoms with E-state index in [9.17, 15) is 0 Å². The zero-order valence-electron chi connectivity index (χ0n) is 10.6. The molecule has 1 aromatic heterocycles. The number of fused-ring (bicyclic) bond motifs is 1. The van der Waals surface area contributed by atoms with Crippen molar-refractivity contribution >= 4 is 57.0 Å². The Kier molecular flexibility index (Phi) is 8.12. The molecule has 0 aliphatic rings. The maximum Gasteiger partial charge on any atom is 0.0351 e. The lowest BCUT2D eigenvalue weighted by Gasteiger charge is -2.19. The Hall–Kier alpha value is 0.01000. The molecule has 0 saturated heterocycles. The summed E-state index contributed by atoms with van der Waals surface area (Å²) in [7, 11) is 0. The average Bonchev–Trinajstić information content (AvgIpc) is 2.79. The zero-order chi connectivity index (χ0) is 12.8. The minimum Gasteiger partial charge on any atom is -0.301 e. The highest BCUT2D eigenvalue weighted by Crippen LogP contribution is 2.25. The van der Waals surface area contributed by atoms with Crippen molar-refractivity contribution in [1.82, 2.24) is 4.90 Å². The van der Waals surface area contributed by atoms with Crippen molar-refractivity contribution in [2.24, 2.45) is 0 Å². The van der Waals surface area contributed by atoms with E-state index in [1.807, 2.05) is 11.3 Å². The van der Waals surface area contributed by atoms with Crippen molar-refractivity contribution in [3.63, 3.8) is 0 Å². The Morgan fingerprint density at radius 3 is 2.32 bits per heavy atom. The number of alkyl halides is 2. The van der Waals surface area contributed by atoms with Gasteiger partial charge in [-0.05, 0) is 23.9 Å².